The van der Waals surface area contributed by atoms with E-state index in [-0.39, 0.29) is 62.0 Å². The molecule has 1 aliphatic rings. The van der Waals surface area contributed by atoms with Crippen molar-refractivity contribution in [3.63, 3.8) is 0 Å². The highest BCUT2D eigenvalue weighted by Crippen LogP contribution is 2.55. The Kier molecular flexibility index (Phi) is 14.1. The zero-order valence-corrected chi connectivity index (χ0v) is 35.5. The molecule has 312 valence electrons. The minimum Gasteiger partial charge on any atom is -0.479 e. The van der Waals surface area contributed by atoms with Crippen LogP contribution in [0, 0.1) is 0 Å². The molecular weight excluding hydrogens is 782 g/mol. The maximum Gasteiger partial charge on any atom is 0.405 e. The zero-order valence-electron chi connectivity index (χ0n) is 33.7. The van der Waals surface area contributed by atoms with Crippen LogP contribution in [0.3, 0.4) is 0 Å². The van der Waals surface area contributed by atoms with Gasteiger partial charge in [0.05, 0.1) is 58.9 Å². The zero-order chi connectivity index (χ0) is 41.5. The SMILES string of the molecule is COc1nc(N)nc2c1ncn2CCOCP(=O)(OC(C)C)OC(C)C.COc1nc(N)nc2c1ncn2CCOCP1(=O)OCc2cccc(C(C)(C)C)c2O1. The summed E-state index contributed by atoms with van der Waals surface area (Å²) in [6.45, 7) is 15.0. The van der Waals surface area contributed by atoms with E-state index >= 15 is 0 Å². The van der Waals surface area contributed by atoms with Gasteiger partial charge in [-0.05, 0) is 33.1 Å². The fourth-order valence-electron chi connectivity index (χ4n) is 5.68. The maximum atomic E-state index is 13.1. The number of nitrogen functional groups attached to an aromatic ring is 2. The number of ether oxygens (including phenoxy) is 4. The van der Waals surface area contributed by atoms with Crippen molar-refractivity contribution < 1.29 is 46.2 Å². The van der Waals surface area contributed by atoms with Gasteiger partial charge in [-0.2, -0.15) is 19.9 Å². The minimum absolute atomic E-state index is 0.0915. The lowest BCUT2D eigenvalue weighted by Crippen LogP contribution is -2.19. The number of nitrogens with two attached hydrogens (primary N) is 2. The van der Waals surface area contributed by atoms with Gasteiger partial charge in [0, 0.05) is 24.2 Å². The molecule has 5 heterocycles. The molecule has 0 amide bonds. The van der Waals surface area contributed by atoms with Crippen molar-refractivity contribution in [1.82, 2.24) is 39.0 Å². The smallest absolute Gasteiger partial charge is 0.405 e. The van der Waals surface area contributed by atoms with Crippen molar-refractivity contribution in [1.29, 1.82) is 0 Å². The number of methoxy groups -OCH3 is 2. The van der Waals surface area contributed by atoms with Crippen LogP contribution >= 0.6 is 15.2 Å². The molecule has 1 aliphatic heterocycles. The van der Waals surface area contributed by atoms with Crippen molar-refractivity contribution in [2.24, 2.45) is 0 Å². The second kappa shape index (κ2) is 18.4. The van der Waals surface area contributed by atoms with Gasteiger partial charge in [-0.25, -0.2) is 14.5 Å². The van der Waals surface area contributed by atoms with Gasteiger partial charge in [-0.1, -0.05) is 39.0 Å². The molecule has 1 atom stereocenters. The van der Waals surface area contributed by atoms with E-state index in [1.54, 1.807) is 49.5 Å². The Bertz CT molecular complexity index is 2230. The predicted molar refractivity (Wildman–Crippen MR) is 212 cm³/mol. The number of fused-ring (bicyclic) bond motifs is 3. The van der Waals surface area contributed by atoms with Gasteiger partial charge in [0.1, 0.15) is 12.1 Å². The first-order chi connectivity index (χ1) is 26.9. The molecule has 4 aromatic heterocycles. The standard InChI is InChI=1S/C20H26N5O5P.C15H26N5O5P/c1-20(2,3)14-7-5-6-13-10-29-31(26,30-16(13)14)12-28-9-8-25-11-22-15-17(25)23-19(21)24-18(15)27-4;1-10(2)24-26(21,25-11(3)4)9-23-7-6-20-8-17-12-13(20)18-15(16)19-14(12)22-5/h5-7,11H,8-10,12H2,1-4H3,(H2,21,23,24);8,10-11H,6-7,9H2,1-5H3,(H2,16,18,19). The van der Waals surface area contributed by atoms with Crippen LogP contribution in [0.15, 0.2) is 30.9 Å². The number of imidazole rings is 2. The molecular formula is C35H52N10O10P2. The molecule has 6 rings (SSSR count). The van der Waals surface area contributed by atoms with Gasteiger partial charge < -0.3 is 53.1 Å². The largest absolute Gasteiger partial charge is 0.479 e. The van der Waals surface area contributed by atoms with E-state index in [0.29, 0.717) is 52.9 Å². The molecule has 0 saturated carbocycles. The van der Waals surface area contributed by atoms with E-state index in [1.807, 2.05) is 18.2 Å². The summed E-state index contributed by atoms with van der Waals surface area (Å²) in [6, 6.07) is 5.86. The average Bonchev–Trinajstić information content (AvgIpc) is 3.73. The number of aromatic nitrogens is 8. The van der Waals surface area contributed by atoms with E-state index in [2.05, 4.69) is 50.7 Å². The van der Waals surface area contributed by atoms with Crippen LogP contribution in [0.2, 0.25) is 0 Å². The van der Waals surface area contributed by atoms with Crippen molar-refractivity contribution in [3.8, 4) is 17.5 Å². The molecule has 0 saturated heterocycles. The second-order valence-corrected chi connectivity index (χ2v) is 18.2. The van der Waals surface area contributed by atoms with Gasteiger partial charge in [0.15, 0.2) is 28.7 Å². The molecule has 22 heteroatoms. The second-order valence-electron chi connectivity index (χ2n) is 14.4. The molecule has 5 aromatic rings. The monoisotopic (exact) mass is 834 g/mol. The Labute approximate surface area is 331 Å². The lowest BCUT2D eigenvalue weighted by Gasteiger charge is -2.31. The van der Waals surface area contributed by atoms with Crippen molar-refractivity contribution >= 4 is 49.4 Å². The van der Waals surface area contributed by atoms with E-state index in [0.717, 1.165) is 11.1 Å². The average molecular weight is 835 g/mol. The van der Waals surface area contributed by atoms with Crippen molar-refractivity contribution in [3.05, 3.63) is 42.0 Å². The van der Waals surface area contributed by atoms with Crippen LogP contribution < -0.4 is 25.5 Å². The third-order valence-corrected chi connectivity index (χ3v) is 11.5. The molecule has 1 aromatic carbocycles. The van der Waals surface area contributed by atoms with Gasteiger partial charge in [0.25, 0.3) is 0 Å². The summed E-state index contributed by atoms with van der Waals surface area (Å²) in [7, 11) is -3.76. The van der Waals surface area contributed by atoms with Crippen LogP contribution in [0.25, 0.3) is 22.3 Å². The van der Waals surface area contributed by atoms with Crippen molar-refractivity contribution in [2.45, 2.75) is 85.8 Å². The van der Waals surface area contributed by atoms with Crippen LogP contribution in [-0.2, 0) is 57.3 Å². The topological polar surface area (TPSA) is 247 Å². The first-order valence-corrected chi connectivity index (χ1v) is 21.6. The molecule has 0 radical (unpaired) electrons. The number of nitrogens with zero attached hydrogens (tertiary/aromatic N) is 8. The molecule has 0 bridgehead atoms. The highest BCUT2D eigenvalue weighted by Gasteiger charge is 2.36. The number of anilines is 2. The molecule has 57 heavy (non-hydrogen) atoms. The number of rotatable bonds is 16. The Morgan fingerprint density at radius 2 is 1.37 bits per heavy atom. The van der Waals surface area contributed by atoms with Gasteiger partial charge >= 0.3 is 15.2 Å². The highest BCUT2D eigenvalue weighted by atomic mass is 31.2. The Morgan fingerprint density at radius 3 is 1.86 bits per heavy atom. The Morgan fingerprint density at radius 1 is 0.842 bits per heavy atom. The van der Waals surface area contributed by atoms with Gasteiger partial charge in [-0.15, -0.1) is 0 Å². The van der Waals surface area contributed by atoms with Gasteiger partial charge in [0.2, 0.25) is 23.7 Å². The number of hydrogen-bond acceptors (Lipinski definition) is 18. The lowest BCUT2D eigenvalue weighted by atomic mass is 9.85. The highest BCUT2D eigenvalue weighted by molar-refractivity contribution is 7.54. The summed E-state index contributed by atoms with van der Waals surface area (Å²) in [4.78, 5) is 24.9. The number of benzene rings is 1. The molecule has 0 aliphatic carbocycles. The van der Waals surface area contributed by atoms with Crippen molar-refractivity contribution in [2.75, 3.05) is 51.6 Å². The minimum atomic E-state index is -3.43. The Hall–Kier alpha value is -4.42. The first-order valence-electron chi connectivity index (χ1n) is 18.2. The van der Waals surface area contributed by atoms with Crippen LogP contribution in [0.4, 0.5) is 11.9 Å². The summed E-state index contributed by atoms with van der Waals surface area (Å²) in [5.41, 5.74) is 15.2. The number of para-hydroxylation sites is 1. The lowest BCUT2D eigenvalue weighted by molar-refractivity contribution is 0.0961. The van der Waals surface area contributed by atoms with E-state index in [4.69, 9.17) is 48.5 Å². The fraction of sp³-hybridized carbons (Fsp3) is 0.543. The van der Waals surface area contributed by atoms with E-state index in [1.165, 1.54) is 14.2 Å². The molecule has 0 fully saturated rings. The molecule has 4 N–H and O–H groups in total. The first kappa shape index (κ1) is 43.7. The summed E-state index contributed by atoms with van der Waals surface area (Å²) in [5.74, 6) is 1.44. The third-order valence-electron chi connectivity index (χ3n) is 8.03. The fourth-order valence-corrected chi connectivity index (χ4v) is 8.85. The van der Waals surface area contributed by atoms with E-state index < -0.39 is 15.2 Å². The van der Waals surface area contributed by atoms with Crippen LogP contribution in [-0.4, -0.2) is 91.4 Å². The molecule has 1 unspecified atom stereocenters. The molecule has 0 spiro atoms. The van der Waals surface area contributed by atoms with Gasteiger partial charge in [-0.3, -0.25) is 9.09 Å². The van der Waals surface area contributed by atoms with Crippen LogP contribution in [0.1, 0.15) is 59.6 Å². The summed E-state index contributed by atoms with van der Waals surface area (Å²) < 4.78 is 73.2. The summed E-state index contributed by atoms with van der Waals surface area (Å²) in [5, 5.41) is 0. The van der Waals surface area contributed by atoms with Crippen LogP contribution in [0.5, 0.6) is 17.5 Å². The Balaban J connectivity index is 0.000000221. The predicted octanol–water partition coefficient (Wildman–Crippen LogP) is 5.93. The molecule has 20 nitrogen and oxygen atoms in total. The summed E-state index contributed by atoms with van der Waals surface area (Å²) in [6.07, 6.45) is 2.46. The van der Waals surface area contributed by atoms with E-state index in [9.17, 15) is 9.13 Å². The third kappa shape index (κ3) is 11.2. The normalized spacial score (nSPS) is 15.8. The maximum absolute atomic E-state index is 13.1. The summed E-state index contributed by atoms with van der Waals surface area (Å²) >= 11 is 0. The quantitative estimate of drug-likeness (QED) is 0.0864. The number of hydrogen-bond donors (Lipinski definition) is 2.